The Morgan fingerprint density at radius 1 is 1.13 bits per heavy atom. The Morgan fingerprint density at radius 3 is 2.43 bits per heavy atom. The lowest BCUT2D eigenvalue weighted by molar-refractivity contribution is -0.0457. The van der Waals surface area contributed by atoms with Gasteiger partial charge in [0.15, 0.2) is 5.82 Å². The molecule has 0 amide bonds. The standard InChI is InChI=1S/C17H27F2N3O/c1-2-15-21-16(23-22-15)13-3-5-14(6-4-13)20-11-12-7-9-17(18,19)10-8-12/h12-14,20H,2-11H2,1H3. The quantitative estimate of drug-likeness (QED) is 0.885. The first-order chi connectivity index (χ1) is 11.1. The number of aromatic nitrogens is 2. The van der Waals surface area contributed by atoms with Gasteiger partial charge in [-0.3, -0.25) is 0 Å². The predicted octanol–water partition coefficient (Wildman–Crippen LogP) is 4.07. The van der Waals surface area contributed by atoms with Crippen molar-refractivity contribution in [1.29, 1.82) is 0 Å². The van der Waals surface area contributed by atoms with Gasteiger partial charge in [-0.2, -0.15) is 4.98 Å². The summed E-state index contributed by atoms with van der Waals surface area (Å²) in [4.78, 5) is 4.44. The van der Waals surface area contributed by atoms with E-state index in [1.165, 1.54) is 0 Å². The molecule has 0 saturated heterocycles. The van der Waals surface area contributed by atoms with Crippen LogP contribution in [0.3, 0.4) is 0 Å². The van der Waals surface area contributed by atoms with E-state index in [-0.39, 0.29) is 12.8 Å². The molecule has 0 unspecified atom stereocenters. The van der Waals surface area contributed by atoms with Crippen molar-refractivity contribution in [2.24, 2.45) is 5.92 Å². The molecule has 23 heavy (non-hydrogen) atoms. The summed E-state index contributed by atoms with van der Waals surface area (Å²) in [5.74, 6) is -0.0514. The molecule has 2 saturated carbocycles. The fourth-order valence-corrected chi connectivity index (χ4v) is 3.76. The molecule has 4 nitrogen and oxygen atoms in total. The first-order valence-corrected chi connectivity index (χ1v) is 8.99. The minimum atomic E-state index is -2.42. The van der Waals surface area contributed by atoms with Crippen molar-refractivity contribution in [3.8, 4) is 0 Å². The van der Waals surface area contributed by atoms with Gasteiger partial charge in [-0.05, 0) is 51.0 Å². The van der Waals surface area contributed by atoms with Crippen LogP contribution >= 0.6 is 0 Å². The second-order valence-corrected chi connectivity index (χ2v) is 7.16. The van der Waals surface area contributed by atoms with E-state index in [1.807, 2.05) is 6.92 Å². The SMILES string of the molecule is CCc1noc(C2CCC(NCC3CCC(F)(F)CC3)CC2)n1. The van der Waals surface area contributed by atoms with E-state index in [0.717, 1.165) is 50.4 Å². The van der Waals surface area contributed by atoms with Crippen LogP contribution in [0.2, 0.25) is 0 Å². The Balaban J connectivity index is 1.38. The maximum absolute atomic E-state index is 13.2. The first-order valence-electron chi connectivity index (χ1n) is 8.99. The third-order valence-electron chi connectivity index (χ3n) is 5.41. The van der Waals surface area contributed by atoms with E-state index in [9.17, 15) is 8.78 Å². The molecule has 0 radical (unpaired) electrons. The van der Waals surface area contributed by atoms with Crippen molar-refractivity contribution >= 4 is 0 Å². The minimum absolute atomic E-state index is 0.0585. The third kappa shape index (κ3) is 4.49. The fourth-order valence-electron chi connectivity index (χ4n) is 3.76. The van der Waals surface area contributed by atoms with Gasteiger partial charge in [-0.25, -0.2) is 8.78 Å². The van der Waals surface area contributed by atoms with Crippen LogP contribution in [-0.2, 0) is 6.42 Å². The van der Waals surface area contributed by atoms with Crippen molar-refractivity contribution in [2.75, 3.05) is 6.54 Å². The summed E-state index contributed by atoms with van der Waals surface area (Å²) in [6.07, 6.45) is 6.54. The zero-order valence-electron chi connectivity index (χ0n) is 13.9. The van der Waals surface area contributed by atoms with Gasteiger partial charge in [0.05, 0.1) is 0 Å². The lowest BCUT2D eigenvalue weighted by Gasteiger charge is -2.32. The average molecular weight is 327 g/mol. The molecule has 6 heteroatoms. The number of nitrogens with zero attached hydrogens (tertiary/aromatic N) is 2. The Hall–Kier alpha value is -1.04. The molecule has 0 aliphatic heterocycles. The summed E-state index contributed by atoms with van der Waals surface area (Å²) in [7, 11) is 0. The van der Waals surface area contributed by atoms with Gasteiger partial charge in [-0.15, -0.1) is 0 Å². The van der Waals surface area contributed by atoms with Crippen LogP contribution in [0.5, 0.6) is 0 Å². The monoisotopic (exact) mass is 327 g/mol. The van der Waals surface area contributed by atoms with Gasteiger partial charge >= 0.3 is 0 Å². The molecule has 1 aromatic rings. The van der Waals surface area contributed by atoms with Crippen LogP contribution in [0.1, 0.15) is 75.9 Å². The number of rotatable bonds is 5. The Morgan fingerprint density at radius 2 is 1.83 bits per heavy atom. The van der Waals surface area contributed by atoms with Gasteiger partial charge in [-0.1, -0.05) is 12.1 Å². The van der Waals surface area contributed by atoms with E-state index in [1.54, 1.807) is 0 Å². The first kappa shape index (κ1) is 16.8. The summed E-state index contributed by atoms with van der Waals surface area (Å²) >= 11 is 0. The van der Waals surface area contributed by atoms with Crippen molar-refractivity contribution in [2.45, 2.75) is 82.6 Å². The summed E-state index contributed by atoms with van der Waals surface area (Å²) in [5.41, 5.74) is 0. The smallest absolute Gasteiger partial charge is 0.248 e. The third-order valence-corrected chi connectivity index (χ3v) is 5.41. The topological polar surface area (TPSA) is 51.0 Å². The van der Waals surface area contributed by atoms with E-state index in [4.69, 9.17) is 4.52 Å². The summed E-state index contributed by atoms with van der Waals surface area (Å²) in [6, 6.07) is 0.502. The molecule has 0 spiro atoms. The van der Waals surface area contributed by atoms with E-state index in [2.05, 4.69) is 15.5 Å². The van der Waals surface area contributed by atoms with Crippen molar-refractivity contribution in [3.63, 3.8) is 0 Å². The number of hydrogen-bond donors (Lipinski definition) is 1. The molecule has 1 heterocycles. The van der Waals surface area contributed by atoms with Crippen LogP contribution in [0, 0.1) is 5.92 Å². The maximum Gasteiger partial charge on any atom is 0.248 e. The second-order valence-electron chi connectivity index (χ2n) is 7.16. The molecule has 1 N–H and O–H groups in total. The van der Waals surface area contributed by atoms with Crippen LogP contribution in [0.25, 0.3) is 0 Å². The molecule has 0 atom stereocenters. The van der Waals surface area contributed by atoms with E-state index in [0.29, 0.717) is 30.7 Å². The maximum atomic E-state index is 13.2. The highest BCUT2D eigenvalue weighted by Gasteiger charge is 2.35. The van der Waals surface area contributed by atoms with Crippen LogP contribution in [0.15, 0.2) is 4.52 Å². The second kappa shape index (κ2) is 7.24. The number of hydrogen-bond acceptors (Lipinski definition) is 4. The Kier molecular flexibility index (Phi) is 5.29. The predicted molar refractivity (Wildman–Crippen MR) is 83.6 cm³/mol. The number of aryl methyl sites for hydroxylation is 1. The highest BCUT2D eigenvalue weighted by atomic mass is 19.3. The Bertz CT molecular complexity index is 488. The largest absolute Gasteiger partial charge is 0.339 e. The van der Waals surface area contributed by atoms with Gasteiger partial charge in [0.25, 0.3) is 0 Å². The highest BCUT2D eigenvalue weighted by Crippen LogP contribution is 2.36. The van der Waals surface area contributed by atoms with Gasteiger partial charge < -0.3 is 9.84 Å². The van der Waals surface area contributed by atoms with Crippen molar-refractivity contribution in [1.82, 2.24) is 15.5 Å². The number of halogens is 2. The van der Waals surface area contributed by atoms with Gasteiger partial charge in [0.1, 0.15) is 0 Å². The van der Waals surface area contributed by atoms with E-state index >= 15 is 0 Å². The number of alkyl halides is 2. The van der Waals surface area contributed by atoms with E-state index < -0.39 is 5.92 Å². The molecule has 2 aliphatic rings. The molecular formula is C17H27F2N3O. The fraction of sp³-hybridized carbons (Fsp3) is 0.882. The average Bonchev–Trinajstić information content (AvgIpc) is 3.03. The molecule has 0 bridgehead atoms. The normalized spacial score (nSPS) is 28.8. The van der Waals surface area contributed by atoms with Crippen molar-refractivity contribution in [3.05, 3.63) is 11.7 Å². The molecule has 0 aromatic carbocycles. The summed E-state index contributed by atoms with van der Waals surface area (Å²) in [5, 5.41) is 7.57. The molecule has 130 valence electrons. The van der Waals surface area contributed by atoms with Crippen LogP contribution < -0.4 is 5.32 Å². The van der Waals surface area contributed by atoms with Crippen LogP contribution in [0.4, 0.5) is 8.78 Å². The minimum Gasteiger partial charge on any atom is -0.339 e. The zero-order valence-corrected chi connectivity index (χ0v) is 13.9. The van der Waals surface area contributed by atoms with Crippen molar-refractivity contribution < 1.29 is 13.3 Å². The van der Waals surface area contributed by atoms with Gasteiger partial charge in [0, 0.05) is 31.2 Å². The summed E-state index contributed by atoms with van der Waals surface area (Å²) < 4.78 is 31.7. The summed E-state index contributed by atoms with van der Waals surface area (Å²) in [6.45, 7) is 2.91. The molecule has 3 rings (SSSR count). The molecule has 2 fully saturated rings. The molecule has 2 aliphatic carbocycles. The molecule has 1 aromatic heterocycles. The zero-order chi connectivity index (χ0) is 16.3. The number of nitrogens with one attached hydrogen (secondary N) is 1. The van der Waals surface area contributed by atoms with Gasteiger partial charge in [0.2, 0.25) is 11.8 Å². The lowest BCUT2D eigenvalue weighted by atomic mass is 9.84. The van der Waals surface area contributed by atoms with Crippen LogP contribution in [-0.4, -0.2) is 28.6 Å². The highest BCUT2D eigenvalue weighted by molar-refractivity contribution is 4.97. The Labute approximate surface area is 136 Å². The molecular weight excluding hydrogens is 300 g/mol. The lowest BCUT2D eigenvalue weighted by Crippen LogP contribution is -2.38.